The smallest absolute Gasteiger partial charge is 0.320 e. The number of nitrogens with zero attached hydrogens (tertiary/aromatic N) is 2. The molecule has 0 fully saturated rings. The van der Waals surface area contributed by atoms with Crippen molar-refractivity contribution in [2.45, 2.75) is 39.8 Å². The summed E-state index contributed by atoms with van der Waals surface area (Å²) in [6.07, 6.45) is -0.901. The molecule has 0 aliphatic rings. The number of hydrogen-bond acceptors (Lipinski definition) is 4. The zero-order valence-corrected chi connectivity index (χ0v) is 16.0. The largest absolute Gasteiger partial charge is 0.493 e. The Morgan fingerprint density at radius 1 is 1.18 bits per heavy atom. The Balaban J connectivity index is 1.63. The maximum Gasteiger partial charge on any atom is 0.320 e. The summed E-state index contributed by atoms with van der Waals surface area (Å²) in [6, 6.07) is 12.4. The van der Waals surface area contributed by atoms with Gasteiger partial charge >= 0.3 is 12.5 Å². The number of para-hydroxylation sites is 2. The molecule has 2 aromatic carbocycles. The van der Waals surface area contributed by atoms with Gasteiger partial charge in [-0.3, -0.25) is 9.36 Å². The molecule has 1 unspecified atom stereocenters. The molecule has 7 heteroatoms. The monoisotopic (exact) mass is 388 g/mol. The summed E-state index contributed by atoms with van der Waals surface area (Å²) in [7, 11) is 0. The molecule has 0 amide bonds. The van der Waals surface area contributed by atoms with Gasteiger partial charge in [-0.15, -0.1) is 0 Å². The van der Waals surface area contributed by atoms with E-state index in [0.29, 0.717) is 16.8 Å². The molecule has 1 heterocycles. The maximum absolute atomic E-state index is 13.5. The highest BCUT2D eigenvalue weighted by Gasteiger charge is 2.24. The number of hydrogen-bond donors (Lipinski definition) is 0. The summed E-state index contributed by atoms with van der Waals surface area (Å²) in [5.41, 5.74) is 2.83. The second-order valence-corrected chi connectivity index (χ2v) is 6.61. The third-order valence-corrected chi connectivity index (χ3v) is 4.38. The highest BCUT2D eigenvalue weighted by atomic mass is 19.3. The molecule has 5 nitrogen and oxygen atoms in total. The van der Waals surface area contributed by atoms with E-state index >= 15 is 0 Å². The summed E-state index contributed by atoms with van der Waals surface area (Å²) in [5.74, 6) is 0.177. The van der Waals surface area contributed by atoms with E-state index in [2.05, 4.69) is 4.98 Å². The number of carbonyl (C=O) groups is 1. The number of alkyl halides is 2. The molecule has 0 aliphatic carbocycles. The summed E-state index contributed by atoms with van der Waals surface area (Å²) in [5, 5.41) is 0. The van der Waals surface area contributed by atoms with Crippen LogP contribution in [0.4, 0.5) is 8.78 Å². The molecule has 148 valence electrons. The van der Waals surface area contributed by atoms with Gasteiger partial charge in [0.05, 0.1) is 24.1 Å². The van der Waals surface area contributed by atoms with E-state index in [0.717, 1.165) is 15.7 Å². The number of benzene rings is 2. The summed E-state index contributed by atoms with van der Waals surface area (Å²) >= 11 is 0. The zero-order chi connectivity index (χ0) is 20.3. The lowest BCUT2D eigenvalue weighted by Gasteiger charge is -2.15. The normalized spacial score (nSPS) is 12.4. The van der Waals surface area contributed by atoms with E-state index in [4.69, 9.17) is 9.47 Å². The first-order chi connectivity index (χ1) is 13.4. The molecule has 0 radical (unpaired) electrons. The standard InChI is InChI=1S/C21H22F2N2O3/c1-13-8-9-18(14(2)12-13)27-11-10-19(26)28-15(3)20-24-16-6-4-5-7-17(16)25(20)21(22)23/h4-9,12,15,21H,10-11H2,1-3H3. The number of rotatable bonds is 7. The summed E-state index contributed by atoms with van der Waals surface area (Å²) in [6.45, 7) is 2.81. The minimum atomic E-state index is -2.78. The van der Waals surface area contributed by atoms with Crippen LogP contribution in [-0.2, 0) is 9.53 Å². The molecule has 1 aromatic heterocycles. The first-order valence-corrected chi connectivity index (χ1v) is 9.01. The number of esters is 1. The van der Waals surface area contributed by atoms with E-state index in [1.54, 1.807) is 24.3 Å². The number of carbonyl (C=O) groups excluding carboxylic acids is 1. The minimum absolute atomic E-state index is 0.00651. The third kappa shape index (κ3) is 4.30. The molecule has 0 spiro atoms. The number of ether oxygens (including phenoxy) is 2. The number of aromatic nitrogens is 2. The van der Waals surface area contributed by atoms with Gasteiger partial charge in [0, 0.05) is 0 Å². The third-order valence-electron chi connectivity index (χ3n) is 4.38. The van der Waals surface area contributed by atoms with Crippen molar-refractivity contribution in [3.8, 4) is 5.75 Å². The van der Waals surface area contributed by atoms with Crippen molar-refractivity contribution in [3.63, 3.8) is 0 Å². The van der Waals surface area contributed by atoms with Crippen LogP contribution in [0.2, 0.25) is 0 Å². The van der Waals surface area contributed by atoms with Crippen LogP contribution in [0.3, 0.4) is 0 Å². The van der Waals surface area contributed by atoms with Gasteiger partial charge in [0.2, 0.25) is 0 Å². The fourth-order valence-corrected chi connectivity index (χ4v) is 3.07. The molecule has 3 rings (SSSR count). The van der Waals surface area contributed by atoms with Crippen molar-refractivity contribution in [2.24, 2.45) is 0 Å². The lowest BCUT2D eigenvalue weighted by molar-refractivity contribution is -0.149. The molecule has 0 bridgehead atoms. The maximum atomic E-state index is 13.5. The first-order valence-electron chi connectivity index (χ1n) is 9.01. The lowest BCUT2D eigenvalue weighted by atomic mass is 10.1. The van der Waals surface area contributed by atoms with E-state index in [-0.39, 0.29) is 18.9 Å². The van der Waals surface area contributed by atoms with Gasteiger partial charge in [0.15, 0.2) is 11.9 Å². The van der Waals surface area contributed by atoms with E-state index in [1.165, 1.54) is 6.92 Å². The average molecular weight is 388 g/mol. The molecule has 0 saturated heterocycles. The highest BCUT2D eigenvalue weighted by Crippen LogP contribution is 2.28. The Labute approximate surface area is 161 Å². The summed E-state index contributed by atoms with van der Waals surface area (Å²) < 4.78 is 38.7. The van der Waals surface area contributed by atoms with Gasteiger partial charge in [-0.25, -0.2) is 4.98 Å². The topological polar surface area (TPSA) is 53.4 Å². The molecule has 3 aromatic rings. The Kier molecular flexibility index (Phi) is 5.92. The van der Waals surface area contributed by atoms with Gasteiger partial charge in [-0.1, -0.05) is 29.8 Å². The fraction of sp³-hybridized carbons (Fsp3) is 0.333. The van der Waals surface area contributed by atoms with Crippen LogP contribution in [0.25, 0.3) is 11.0 Å². The Morgan fingerprint density at radius 2 is 1.93 bits per heavy atom. The van der Waals surface area contributed by atoms with Crippen LogP contribution in [0.15, 0.2) is 42.5 Å². The molecule has 1 atom stereocenters. The SMILES string of the molecule is Cc1ccc(OCCC(=O)OC(C)c2nc3ccccc3n2C(F)F)c(C)c1. The number of aryl methyl sites for hydroxylation is 2. The number of imidazole rings is 1. The molecule has 0 aliphatic heterocycles. The van der Waals surface area contributed by atoms with Crippen molar-refractivity contribution in [1.82, 2.24) is 9.55 Å². The van der Waals surface area contributed by atoms with Crippen molar-refractivity contribution in [2.75, 3.05) is 6.61 Å². The van der Waals surface area contributed by atoms with Crippen LogP contribution in [0.5, 0.6) is 5.75 Å². The van der Waals surface area contributed by atoms with Crippen molar-refractivity contribution in [1.29, 1.82) is 0 Å². The van der Waals surface area contributed by atoms with E-state index < -0.39 is 18.6 Å². The van der Waals surface area contributed by atoms with E-state index in [9.17, 15) is 13.6 Å². The van der Waals surface area contributed by atoms with Crippen LogP contribution in [0, 0.1) is 13.8 Å². The van der Waals surface area contributed by atoms with Crippen LogP contribution < -0.4 is 4.74 Å². The van der Waals surface area contributed by atoms with Crippen molar-refractivity contribution >= 4 is 17.0 Å². The molecule has 28 heavy (non-hydrogen) atoms. The first kappa shape index (κ1) is 19.8. The predicted octanol–water partition coefficient (Wildman–Crippen LogP) is 5.12. The van der Waals surface area contributed by atoms with Gasteiger partial charge in [-0.05, 0) is 44.5 Å². The van der Waals surface area contributed by atoms with Gasteiger partial charge < -0.3 is 9.47 Å². The Morgan fingerprint density at radius 3 is 2.64 bits per heavy atom. The van der Waals surface area contributed by atoms with Crippen LogP contribution in [0.1, 0.15) is 42.9 Å². The number of halogens is 2. The average Bonchev–Trinajstić information content (AvgIpc) is 3.03. The minimum Gasteiger partial charge on any atom is -0.493 e. The Hall–Kier alpha value is -2.96. The summed E-state index contributed by atoms with van der Waals surface area (Å²) in [4.78, 5) is 16.3. The molecular formula is C21H22F2N2O3. The zero-order valence-electron chi connectivity index (χ0n) is 16.0. The van der Waals surface area contributed by atoms with Gasteiger partial charge in [-0.2, -0.15) is 8.78 Å². The van der Waals surface area contributed by atoms with Crippen LogP contribution >= 0.6 is 0 Å². The second kappa shape index (κ2) is 8.37. The molecule has 0 saturated carbocycles. The van der Waals surface area contributed by atoms with Crippen molar-refractivity contribution < 1.29 is 23.0 Å². The van der Waals surface area contributed by atoms with E-state index in [1.807, 2.05) is 32.0 Å². The predicted molar refractivity (Wildman–Crippen MR) is 102 cm³/mol. The lowest BCUT2D eigenvalue weighted by Crippen LogP contribution is -2.16. The second-order valence-electron chi connectivity index (χ2n) is 6.61. The molecule has 0 N–H and O–H groups in total. The number of fused-ring (bicyclic) bond motifs is 1. The molecular weight excluding hydrogens is 366 g/mol. The fourth-order valence-electron chi connectivity index (χ4n) is 3.07. The highest BCUT2D eigenvalue weighted by molar-refractivity contribution is 5.76. The van der Waals surface area contributed by atoms with Gasteiger partial charge in [0.25, 0.3) is 0 Å². The Bertz CT molecular complexity index is 985. The van der Waals surface area contributed by atoms with Crippen molar-refractivity contribution in [3.05, 3.63) is 59.4 Å². The quantitative estimate of drug-likeness (QED) is 0.527. The van der Waals surface area contributed by atoms with Crippen LogP contribution in [-0.4, -0.2) is 22.1 Å². The van der Waals surface area contributed by atoms with Gasteiger partial charge in [0.1, 0.15) is 5.75 Å².